The molecular weight excluding hydrogens is 653 g/mol. The standard InChI is InChI=1S/C37H37F3N4O6/c38-37(39,40)36(48)50-34(46)23-30(29-19-17-28(18-20-29)27-13-5-2-6-14-27)44-35(47)31(25-49-24-26-11-3-1-4-12-26)43-33(45)16-8-10-22-42-32-15-7-9-21-41-32/h1-7,9,11-15,17-21,30-31H,8,10,16,22-25H2,(H,41,42)(H,43,45)(H,44,47)/t30?,31-/m0/s1. The van der Waals surface area contributed by atoms with E-state index in [0.717, 1.165) is 16.7 Å². The molecule has 3 N–H and O–H groups in total. The molecule has 50 heavy (non-hydrogen) atoms. The van der Waals surface area contributed by atoms with Gasteiger partial charge in [0.1, 0.15) is 11.9 Å². The Kier molecular flexibility index (Phi) is 14.0. The molecule has 0 saturated carbocycles. The van der Waals surface area contributed by atoms with E-state index in [0.29, 0.717) is 30.8 Å². The summed E-state index contributed by atoms with van der Waals surface area (Å²) in [4.78, 5) is 54.6. The van der Waals surface area contributed by atoms with Crippen LogP contribution in [0.1, 0.15) is 42.9 Å². The molecule has 0 aliphatic carbocycles. The van der Waals surface area contributed by atoms with Gasteiger partial charge in [0.2, 0.25) is 11.8 Å². The summed E-state index contributed by atoms with van der Waals surface area (Å²) in [5.74, 6) is -4.63. The highest BCUT2D eigenvalue weighted by Crippen LogP contribution is 2.25. The Hall–Kier alpha value is -5.56. The molecule has 0 fully saturated rings. The maximum Gasteiger partial charge on any atom is 0.491 e. The van der Waals surface area contributed by atoms with Crippen molar-refractivity contribution < 1.29 is 41.8 Å². The van der Waals surface area contributed by atoms with Gasteiger partial charge in [-0.05, 0) is 47.2 Å². The van der Waals surface area contributed by atoms with Crippen molar-refractivity contribution in [3.63, 3.8) is 0 Å². The lowest BCUT2D eigenvalue weighted by atomic mass is 9.98. The quantitative estimate of drug-likeness (QED) is 0.0707. The van der Waals surface area contributed by atoms with Crippen LogP contribution in [0.4, 0.5) is 19.0 Å². The number of unbranched alkanes of at least 4 members (excludes halogenated alkanes) is 1. The molecule has 4 rings (SSSR count). The molecule has 2 atom stereocenters. The van der Waals surface area contributed by atoms with Crippen molar-refractivity contribution in [2.24, 2.45) is 0 Å². The molecule has 1 unspecified atom stereocenters. The van der Waals surface area contributed by atoms with Crippen molar-refractivity contribution in [3.05, 3.63) is 120 Å². The third-order valence-corrected chi connectivity index (χ3v) is 7.39. The second-order valence-electron chi connectivity index (χ2n) is 11.2. The van der Waals surface area contributed by atoms with Gasteiger partial charge in [-0.15, -0.1) is 0 Å². The molecule has 1 aromatic heterocycles. The van der Waals surface area contributed by atoms with E-state index in [2.05, 4.69) is 25.7 Å². The van der Waals surface area contributed by atoms with E-state index < -0.39 is 48.4 Å². The lowest BCUT2D eigenvalue weighted by Gasteiger charge is -2.24. The highest BCUT2D eigenvalue weighted by molar-refractivity contribution is 5.90. The molecule has 0 bridgehead atoms. The molecule has 0 saturated heterocycles. The first kappa shape index (κ1) is 37.3. The SMILES string of the molecule is O=C(CCCCNc1ccccn1)N[C@@H](COCc1ccccc1)C(=O)NC(CC(=O)OC(=O)C(F)(F)F)c1ccc(-c2ccccc2)cc1. The minimum absolute atomic E-state index is 0.0998. The van der Waals surface area contributed by atoms with Crippen LogP contribution < -0.4 is 16.0 Å². The number of benzene rings is 3. The second kappa shape index (κ2) is 18.8. The fourth-order valence-electron chi connectivity index (χ4n) is 4.85. The van der Waals surface area contributed by atoms with Crippen LogP contribution >= 0.6 is 0 Å². The monoisotopic (exact) mass is 690 g/mol. The number of alkyl halides is 3. The molecule has 2 amide bonds. The zero-order valence-electron chi connectivity index (χ0n) is 27.0. The molecule has 4 aromatic rings. The zero-order valence-corrected chi connectivity index (χ0v) is 27.0. The van der Waals surface area contributed by atoms with Gasteiger partial charge in [0.25, 0.3) is 0 Å². The third kappa shape index (κ3) is 12.5. The van der Waals surface area contributed by atoms with E-state index in [1.54, 1.807) is 36.5 Å². The summed E-state index contributed by atoms with van der Waals surface area (Å²) in [6, 6.07) is 28.2. The van der Waals surface area contributed by atoms with E-state index in [1.165, 1.54) is 0 Å². The maximum absolute atomic E-state index is 13.7. The number of amides is 2. The van der Waals surface area contributed by atoms with Gasteiger partial charge in [0.15, 0.2) is 0 Å². The number of aromatic nitrogens is 1. The maximum atomic E-state index is 13.7. The summed E-state index contributed by atoms with van der Waals surface area (Å²) < 4.78 is 48.2. The van der Waals surface area contributed by atoms with Crippen LogP contribution in [0.25, 0.3) is 11.1 Å². The molecular formula is C37H37F3N4O6. The first-order chi connectivity index (χ1) is 24.1. The van der Waals surface area contributed by atoms with Gasteiger partial charge in [-0.3, -0.25) is 14.4 Å². The van der Waals surface area contributed by atoms with E-state index in [-0.39, 0.29) is 19.6 Å². The number of carbonyl (C=O) groups excluding carboxylic acids is 4. The average Bonchev–Trinajstić information content (AvgIpc) is 3.11. The summed E-state index contributed by atoms with van der Waals surface area (Å²) in [6.07, 6.45) is -3.27. The number of hydrogen-bond donors (Lipinski definition) is 3. The van der Waals surface area contributed by atoms with Crippen LogP contribution in [0.5, 0.6) is 0 Å². The van der Waals surface area contributed by atoms with E-state index in [4.69, 9.17) is 4.74 Å². The first-order valence-corrected chi connectivity index (χ1v) is 15.9. The van der Waals surface area contributed by atoms with Crippen LogP contribution in [0.3, 0.4) is 0 Å². The lowest BCUT2D eigenvalue weighted by molar-refractivity contribution is -0.202. The first-order valence-electron chi connectivity index (χ1n) is 15.9. The molecule has 1 heterocycles. The van der Waals surface area contributed by atoms with Crippen LogP contribution in [-0.4, -0.2) is 54.1 Å². The Morgan fingerprint density at radius 3 is 2.08 bits per heavy atom. The van der Waals surface area contributed by atoms with Gasteiger partial charge < -0.3 is 25.4 Å². The minimum atomic E-state index is -5.38. The van der Waals surface area contributed by atoms with Crippen molar-refractivity contribution in [3.8, 4) is 11.1 Å². The molecule has 0 aliphatic heterocycles. The van der Waals surface area contributed by atoms with E-state index >= 15 is 0 Å². The minimum Gasteiger partial charge on any atom is -0.386 e. The molecule has 13 heteroatoms. The van der Waals surface area contributed by atoms with Gasteiger partial charge in [-0.25, -0.2) is 9.78 Å². The summed E-state index contributed by atoms with van der Waals surface area (Å²) in [6.45, 7) is 0.465. The number of rotatable bonds is 17. The smallest absolute Gasteiger partial charge is 0.386 e. The van der Waals surface area contributed by atoms with Gasteiger partial charge in [0, 0.05) is 19.2 Å². The normalized spacial score (nSPS) is 12.3. The number of carbonyl (C=O) groups is 4. The molecule has 262 valence electrons. The largest absolute Gasteiger partial charge is 0.491 e. The molecule has 0 radical (unpaired) electrons. The highest BCUT2D eigenvalue weighted by atomic mass is 19.4. The van der Waals surface area contributed by atoms with Crippen molar-refractivity contribution >= 4 is 29.6 Å². The predicted molar refractivity (Wildman–Crippen MR) is 179 cm³/mol. The Balaban J connectivity index is 1.45. The van der Waals surface area contributed by atoms with Crippen LogP contribution in [0.2, 0.25) is 0 Å². The number of esters is 2. The number of halogens is 3. The summed E-state index contributed by atoms with van der Waals surface area (Å²) in [5.41, 5.74) is 2.88. The van der Waals surface area contributed by atoms with E-state index in [1.807, 2.05) is 72.8 Å². The van der Waals surface area contributed by atoms with Gasteiger partial charge in [0.05, 0.1) is 25.7 Å². The summed E-state index contributed by atoms with van der Waals surface area (Å²) in [7, 11) is 0. The van der Waals surface area contributed by atoms with Crippen molar-refractivity contribution in [2.45, 2.75) is 50.6 Å². The van der Waals surface area contributed by atoms with Gasteiger partial charge in [-0.2, -0.15) is 13.2 Å². The lowest BCUT2D eigenvalue weighted by Crippen LogP contribution is -2.50. The summed E-state index contributed by atoms with van der Waals surface area (Å²) >= 11 is 0. The molecule has 0 aliphatic rings. The van der Waals surface area contributed by atoms with Gasteiger partial charge >= 0.3 is 18.1 Å². The fourth-order valence-corrected chi connectivity index (χ4v) is 4.85. The van der Waals surface area contributed by atoms with E-state index in [9.17, 15) is 32.3 Å². The van der Waals surface area contributed by atoms with Crippen molar-refractivity contribution in [1.29, 1.82) is 0 Å². The third-order valence-electron chi connectivity index (χ3n) is 7.39. The van der Waals surface area contributed by atoms with Crippen LogP contribution in [0, 0.1) is 0 Å². The number of nitrogens with one attached hydrogen (secondary N) is 3. The Morgan fingerprint density at radius 2 is 1.42 bits per heavy atom. The van der Waals surface area contributed by atoms with Gasteiger partial charge in [-0.1, -0.05) is 91.0 Å². The Bertz CT molecular complexity index is 1670. The number of nitrogens with zero attached hydrogens (tertiary/aromatic N) is 1. The molecule has 10 nitrogen and oxygen atoms in total. The second-order valence-corrected chi connectivity index (χ2v) is 11.2. The predicted octanol–water partition coefficient (Wildman–Crippen LogP) is 5.91. The number of hydrogen-bond acceptors (Lipinski definition) is 8. The summed E-state index contributed by atoms with van der Waals surface area (Å²) in [5, 5.41) is 8.47. The van der Waals surface area contributed by atoms with Crippen LogP contribution in [-0.2, 0) is 35.3 Å². The number of anilines is 1. The zero-order chi connectivity index (χ0) is 35.8. The fraction of sp³-hybridized carbons (Fsp3) is 0.270. The molecule has 0 spiro atoms. The van der Waals surface area contributed by atoms with Crippen molar-refractivity contribution in [1.82, 2.24) is 15.6 Å². The number of ether oxygens (including phenoxy) is 2. The number of pyridine rings is 1. The Morgan fingerprint density at radius 1 is 0.760 bits per heavy atom. The average molecular weight is 691 g/mol. The van der Waals surface area contributed by atoms with Crippen molar-refractivity contribution in [2.75, 3.05) is 18.5 Å². The Labute approximate surface area is 287 Å². The van der Waals surface area contributed by atoms with Crippen LogP contribution in [0.15, 0.2) is 109 Å². The molecule has 3 aromatic carbocycles. The topological polar surface area (TPSA) is 136 Å². The highest BCUT2D eigenvalue weighted by Gasteiger charge is 2.42.